The largest absolute Gasteiger partial charge is 0.368 e. The summed E-state index contributed by atoms with van der Waals surface area (Å²) in [6, 6.07) is 0.0601. The Kier molecular flexibility index (Phi) is 4.50. The van der Waals surface area contributed by atoms with E-state index in [0.29, 0.717) is 18.1 Å². The molecule has 2 heterocycles. The van der Waals surface area contributed by atoms with Crippen LogP contribution in [0.5, 0.6) is 0 Å². The van der Waals surface area contributed by atoms with Crippen molar-refractivity contribution in [3.63, 3.8) is 0 Å². The Morgan fingerprint density at radius 2 is 2.40 bits per heavy atom. The minimum absolute atomic E-state index is 0. The maximum Gasteiger partial charge on any atom is 0.255 e. The minimum Gasteiger partial charge on any atom is -0.368 e. The van der Waals surface area contributed by atoms with E-state index in [9.17, 15) is 0 Å². The van der Waals surface area contributed by atoms with E-state index in [-0.39, 0.29) is 24.6 Å². The summed E-state index contributed by atoms with van der Waals surface area (Å²) in [4.78, 5) is 4.25. The summed E-state index contributed by atoms with van der Waals surface area (Å²) >= 11 is 0. The lowest BCUT2D eigenvalue weighted by Gasteiger charge is -2.00. The van der Waals surface area contributed by atoms with Gasteiger partial charge < -0.3 is 15.0 Å². The third-order valence-electron chi connectivity index (χ3n) is 2.19. The fourth-order valence-electron chi connectivity index (χ4n) is 1.54. The Balaban J connectivity index is 0.00000112. The van der Waals surface area contributed by atoms with Crippen LogP contribution in [0.25, 0.3) is 0 Å². The summed E-state index contributed by atoms with van der Waals surface area (Å²) in [6.45, 7) is 2.71. The van der Waals surface area contributed by atoms with E-state index in [4.69, 9.17) is 15.0 Å². The predicted molar refractivity (Wildman–Crippen MR) is 56.8 cm³/mol. The molecule has 2 N–H and O–H groups in total. The van der Waals surface area contributed by atoms with Gasteiger partial charge in [0.15, 0.2) is 5.82 Å². The molecule has 0 bridgehead atoms. The number of hydrogen-bond donors (Lipinski definition) is 1. The minimum atomic E-state index is 0. The zero-order valence-corrected chi connectivity index (χ0v) is 9.50. The Labute approximate surface area is 94.8 Å². The van der Waals surface area contributed by atoms with Gasteiger partial charge in [0.2, 0.25) is 0 Å². The van der Waals surface area contributed by atoms with E-state index in [1.54, 1.807) is 0 Å². The molecule has 0 spiro atoms. The molecular formula is C9H16ClN3O2. The number of nitrogens with zero attached hydrogens (tertiary/aromatic N) is 2. The van der Waals surface area contributed by atoms with Crippen LogP contribution in [-0.2, 0) is 11.2 Å². The molecule has 0 aliphatic carbocycles. The van der Waals surface area contributed by atoms with Gasteiger partial charge in [-0.1, -0.05) is 5.16 Å². The van der Waals surface area contributed by atoms with Gasteiger partial charge in [-0.05, 0) is 19.8 Å². The van der Waals surface area contributed by atoms with Crippen LogP contribution in [0.4, 0.5) is 0 Å². The topological polar surface area (TPSA) is 74.2 Å². The van der Waals surface area contributed by atoms with Crippen molar-refractivity contribution < 1.29 is 9.26 Å². The van der Waals surface area contributed by atoms with Crippen LogP contribution in [-0.4, -0.2) is 22.8 Å². The van der Waals surface area contributed by atoms with E-state index in [2.05, 4.69) is 10.1 Å². The van der Waals surface area contributed by atoms with Crippen LogP contribution in [0.15, 0.2) is 4.52 Å². The number of ether oxygens (including phenoxy) is 1. The fraction of sp³-hybridized carbons (Fsp3) is 0.778. The average molecular weight is 234 g/mol. The van der Waals surface area contributed by atoms with E-state index in [0.717, 1.165) is 19.4 Å². The molecule has 1 aromatic rings. The number of nitrogens with two attached hydrogens (primary N) is 1. The van der Waals surface area contributed by atoms with E-state index in [1.165, 1.54) is 0 Å². The van der Waals surface area contributed by atoms with Crippen molar-refractivity contribution in [2.75, 3.05) is 6.61 Å². The van der Waals surface area contributed by atoms with Crippen molar-refractivity contribution >= 4 is 12.4 Å². The van der Waals surface area contributed by atoms with Crippen molar-refractivity contribution in [2.45, 2.75) is 38.3 Å². The van der Waals surface area contributed by atoms with Crippen molar-refractivity contribution in [2.24, 2.45) is 5.73 Å². The number of aromatic nitrogens is 2. The Bertz CT molecular complexity index is 297. The number of rotatable bonds is 3. The second-order valence-electron chi connectivity index (χ2n) is 3.73. The van der Waals surface area contributed by atoms with E-state index >= 15 is 0 Å². The maximum absolute atomic E-state index is 5.63. The molecule has 2 rings (SSSR count). The molecule has 1 aromatic heterocycles. The molecule has 1 saturated heterocycles. The summed E-state index contributed by atoms with van der Waals surface area (Å²) in [5.74, 6) is 1.27. The fourth-order valence-corrected chi connectivity index (χ4v) is 1.54. The second-order valence-corrected chi connectivity index (χ2v) is 3.73. The summed E-state index contributed by atoms with van der Waals surface area (Å²) in [6.07, 6.45) is 2.69. The van der Waals surface area contributed by atoms with Crippen molar-refractivity contribution in [1.29, 1.82) is 0 Å². The first kappa shape index (κ1) is 12.4. The van der Waals surface area contributed by atoms with Crippen LogP contribution in [0, 0.1) is 0 Å². The Hall–Kier alpha value is -0.650. The van der Waals surface area contributed by atoms with Crippen molar-refractivity contribution in [3.8, 4) is 0 Å². The molecule has 1 aliphatic heterocycles. The van der Waals surface area contributed by atoms with Crippen LogP contribution in [0.2, 0.25) is 0 Å². The highest BCUT2D eigenvalue weighted by molar-refractivity contribution is 5.85. The smallest absolute Gasteiger partial charge is 0.255 e. The zero-order chi connectivity index (χ0) is 9.97. The van der Waals surface area contributed by atoms with Gasteiger partial charge in [0.1, 0.15) is 6.10 Å². The van der Waals surface area contributed by atoms with Gasteiger partial charge in [-0.25, -0.2) is 0 Å². The molecule has 5 nitrogen and oxygen atoms in total. The molecule has 1 fully saturated rings. The van der Waals surface area contributed by atoms with Gasteiger partial charge in [-0.2, -0.15) is 4.98 Å². The highest BCUT2D eigenvalue weighted by atomic mass is 35.5. The lowest BCUT2D eigenvalue weighted by molar-refractivity contribution is 0.0835. The third-order valence-corrected chi connectivity index (χ3v) is 2.19. The molecular weight excluding hydrogens is 218 g/mol. The molecule has 2 atom stereocenters. The molecule has 86 valence electrons. The molecule has 1 unspecified atom stereocenters. The highest BCUT2D eigenvalue weighted by Crippen LogP contribution is 2.26. The van der Waals surface area contributed by atoms with Crippen LogP contribution < -0.4 is 5.73 Å². The Morgan fingerprint density at radius 1 is 1.60 bits per heavy atom. The van der Waals surface area contributed by atoms with Crippen LogP contribution >= 0.6 is 12.4 Å². The van der Waals surface area contributed by atoms with E-state index in [1.807, 2.05) is 6.92 Å². The SMILES string of the molecule is CC(N)Cc1noc([C@H]2CCCO2)n1.Cl. The lowest BCUT2D eigenvalue weighted by atomic mass is 10.2. The first-order valence-corrected chi connectivity index (χ1v) is 4.95. The van der Waals surface area contributed by atoms with Gasteiger partial charge in [-0.3, -0.25) is 0 Å². The van der Waals surface area contributed by atoms with Gasteiger partial charge in [0.05, 0.1) is 0 Å². The van der Waals surface area contributed by atoms with Gasteiger partial charge in [-0.15, -0.1) is 12.4 Å². The number of halogens is 1. The lowest BCUT2D eigenvalue weighted by Crippen LogP contribution is -2.18. The summed E-state index contributed by atoms with van der Waals surface area (Å²) in [5, 5.41) is 3.85. The molecule has 0 amide bonds. The second kappa shape index (κ2) is 5.44. The summed E-state index contributed by atoms with van der Waals surface area (Å²) in [7, 11) is 0. The molecule has 6 heteroatoms. The van der Waals surface area contributed by atoms with Gasteiger partial charge >= 0.3 is 0 Å². The van der Waals surface area contributed by atoms with Crippen LogP contribution in [0.3, 0.4) is 0 Å². The van der Waals surface area contributed by atoms with E-state index < -0.39 is 0 Å². The first-order chi connectivity index (χ1) is 6.75. The summed E-state index contributed by atoms with van der Waals surface area (Å²) < 4.78 is 10.5. The molecule has 0 aromatic carbocycles. The van der Waals surface area contributed by atoms with Gasteiger partial charge in [0.25, 0.3) is 5.89 Å². The Morgan fingerprint density at radius 3 is 3.00 bits per heavy atom. The zero-order valence-electron chi connectivity index (χ0n) is 8.68. The molecule has 0 radical (unpaired) electrons. The normalized spacial score (nSPS) is 22.4. The summed E-state index contributed by atoms with van der Waals surface area (Å²) in [5.41, 5.74) is 5.63. The molecule has 15 heavy (non-hydrogen) atoms. The quantitative estimate of drug-likeness (QED) is 0.850. The van der Waals surface area contributed by atoms with Crippen LogP contribution in [0.1, 0.15) is 37.6 Å². The average Bonchev–Trinajstić information content (AvgIpc) is 2.69. The standard InChI is InChI=1S/C9H15N3O2.ClH/c1-6(10)5-8-11-9(14-12-8)7-3-2-4-13-7;/h6-7H,2-5,10H2,1H3;1H/t6?,7-;/m1./s1. The highest BCUT2D eigenvalue weighted by Gasteiger charge is 2.23. The first-order valence-electron chi connectivity index (χ1n) is 4.95. The molecule has 0 saturated carbocycles. The van der Waals surface area contributed by atoms with Gasteiger partial charge in [0, 0.05) is 19.1 Å². The third kappa shape index (κ3) is 3.15. The maximum atomic E-state index is 5.63. The predicted octanol–water partition coefficient (Wildman–Crippen LogP) is 1.23. The van der Waals surface area contributed by atoms with Crippen molar-refractivity contribution in [3.05, 3.63) is 11.7 Å². The monoisotopic (exact) mass is 233 g/mol. The number of hydrogen-bond acceptors (Lipinski definition) is 5. The molecule has 1 aliphatic rings. The van der Waals surface area contributed by atoms with Crippen molar-refractivity contribution in [1.82, 2.24) is 10.1 Å².